The number of aromatic nitrogens is 1. The lowest BCUT2D eigenvalue weighted by Crippen LogP contribution is -2.38. The number of amides is 1. The summed E-state index contributed by atoms with van der Waals surface area (Å²) in [6, 6.07) is 3.90. The Hall–Kier alpha value is -1.62. The third-order valence-electron chi connectivity index (χ3n) is 3.78. The van der Waals surface area contributed by atoms with E-state index in [-0.39, 0.29) is 5.91 Å². The number of nitrogen functional groups attached to an aromatic ring is 1. The van der Waals surface area contributed by atoms with Gasteiger partial charge in [0.05, 0.1) is 11.9 Å². The molecule has 1 aromatic rings. The van der Waals surface area contributed by atoms with Crippen LogP contribution in [-0.2, 0) is 0 Å². The molecule has 1 amide bonds. The van der Waals surface area contributed by atoms with Gasteiger partial charge in [-0.1, -0.05) is 13.8 Å². The average Bonchev–Trinajstić information content (AvgIpc) is 2.90. The molecule has 2 rings (SSSR count). The van der Waals surface area contributed by atoms with Gasteiger partial charge in [-0.05, 0) is 31.6 Å². The fraction of sp³-hybridized carbons (Fsp3) is 0.571. The van der Waals surface area contributed by atoms with Crippen LogP contribution in [0.5, 0.6) is 0 Å². The molecule has 0 spiro atoms. The fourth-order valence-electron chi connectivity index (χ4n) is 2.66. The van der Waals surface area contributed by atoms with Crippen LogP contribution in [0.25, 0.3) is 0 Å². The van der Waals surface area contributed by atoms with E-state index in [0.29, 0.717) is 17.4 Å². The Balaban J connectivity index is 2.00. The Bertz CT molecular complexity index is 428. The molecule has 1 unspecified atom stereocenters. The number of anilines is 1. The topological polar surface area (TPSA) is 62.5 Å². The zero-order chi connectivity index (χ0) is 13.8. The lowest BCUT2D eigenvalue weighted by Gasteiger charge is -2.26. The van der Waals surface area contributed by atoms with Crippen molar-refractivity contribution in [1.82, 2.24) is 14.8 Å². The minimum absolute atomic E-state index is 0.00894. The molecule has 1 aliphatic rings. The molecule has 1 aliphatic heterocycles. The number of pyridine rings is 1. The van der Waals surface area contributed by atoms with Crippen molar-refractivity contribution in [1.29, 1.82) is 0 Å². The first-order valence-corrected chi connectivity index (χ1v) is 6.90. The number of hydrogen-bond donors (Lipinski definition) is 1. The van der Waals surface area contributed by atoms with E-state index < -0.39 is 0 Å². The van der Waals surface area contributed by atoms with E-state index in [0.717, 1.165) is 32.6 Å². The highest BCUT2D eigenvalue weighted by Gasteiger charge is 2.30. The van der Waals surface area contributed by atoms with E-state index in [9.17, 15) is 4.79 Å². The number of nitrogens with two attached hydrogens (primary N) is 1. The van der Waals surface area contributed by atoms with Crippen molar-refractivity contribution in [2.24, 2.45) is 0 Å². The Morgan fingerprint density at radius 2 is 2.21 bits per heavy atom. The van der Waals surface area contributed by atoms with Gasteiger partial charge in [0.1, 0.15) is 5.69 Å². The van der Waals surface area contributed by atoms with Crippen LogP contribution in [0.4, 0.5) is 5.69 Å². The molecule has 1 fully saturated rings. The first kappa shape index (κ1) is 13.8. The Morgan fingerprint density at radius 3 is 2.79 bits per heavy atom. The van der Waals surface area contributed by atoms with E-state index in [1.165, 1.54) is 6.20 Å². The molecule has 0 aromatic carbocycles. The zero-order valence-electron chi connectivity index (χ0n) is 11.7. The number of likely N-dealkylation sites (N-methyl/N-ethyl adjacent to an activating group) is 1. The summed E-state index contributed by atoms with van der Waals surface area (Å²) in [5.74, 6) is 0.00894. The molecule has 0 bridgehead atoms. The Labute approximate surface area is 114 Å². The lowest BCUT2D eigenvalue weighted by atomic mass is 10.2. The van der Waals surface area contributed by atoms with Crippen molar-refractivity contribution in [3.63, 3.8) is 0 Å². The maximum absolute atomic E-state index is 12.3. The van der Waals surface area contributed by atoms with E-state index >= 15 is 0 Å². The van der Waals surface area contributed by atoms with Gasteiger partial charge in [-0.3, -0.25) is 9.69 Å². The van der Waals surface area contributed by atoms with Crippen LogP contribution in [0.3, 0.4) is 0 Å². The predicted octanol–water partition coefficient (Wildman–Crippen LogP) is 1.22. The molecular weight excluding hydrogens is 240 g/mol. The number of hydrogen-bond acceptors (Lipinski definition) is 4. The van der Waals surface area contributed by atoms with Crippen molar-refractivity contribution in [2.75, 3.05) is 31.9 Å². The number of likely N-dealkylation sites (tertiary alicyclic amines) is 1. The normalized spacial score (nSPS) is 19.1. The second-order valence-electron chi connectivity index (χ2n) is 4.89. The van der Waals surface area contributed by atoms with E-state index in [4.69, 9.17) is 5.73 Å². The van der Waals surface area contributed by atoms with E-state index in [1.54, 1.807) is 12.1 Å². The summed E-state index contributed by atoms with van der Waals surface area (Å²) in [7, 11) is 0. The van der Waals surface area contributed by atoms with Crippen LogP contribution in [0.1, 0.15) is 30.8 Å². The summed E-state index contributed by atoms with van der Waals surface area (Å²) >= 11 is 0. The monoisotopic (exact) mass is 262 g/mol. The predicted molar refractivity (Wildman–Crippen MR) is 75.9 cm³/mol. The van der Waals surface area contributed by atoms with Crippen LogP contribution in [0, 0.1) is 0 Å². The summed E-state index contributed by atoms with van der Waals surface area (Å²) < 4.78 is 0. The van der Waals surface area contributed by atoms with Crippen molar-refractivity contribution < 1.29 is 4.79 Å². The minimum Gasteiger partial charge on any atom is -0.397 e. The highest BCUT2D eigenvalue weighted by atomic mass is 16.2. The molecule has 2 heterocycles. The molecule has 104 valence electrons. The summed E-state index contributed by atoms with van der Waals surface area (Å²) in [5.41, 5.74) is 6.65. The van der Waals surface area contributed by atoms with Gasteiger partial charge < -0.3 is 10.6 Å². The molecule has 5 heteroatoms. The second-order valence-corrected chi connectivity index (χ2v) is 4.89. The van der Waals surface area contributed by atoms with E-state index in [2.05, 4.69) is 23.7 Å². The smallest absolute Gasteiger partial charge is 0.272 e. The maximum Gasteiger partial charge on any atom is 0.272 e. The van der Waals surface area contributed by atoms with Crippen molar-refractivity contribution in [3.8, 4) is 0 Å². The van der Waals surface area contributed by atoms with Crippen LogP contribution >= 0.6 is 0 Å². The molecule has 1 aromatic heterocycles. The molecule has 1 atom stereocenters. The molecule has 2 N–H and O–H groups in total. The SMILES string of the molecule is CCN(CC)C1CCN(C(=O)c2ccc(N)cn2)C1. The molecule has 1 saturated heterocycles. The third-order valence-corrected chi connectivity index (χ3v) is 3.78. The lowest BCUT2D eigenvalue weighted by molar-refractivity contribution is 0.0772. The van der Waals surface area contributed by atoms with E-state index in [1.807, 2.05) is 4.90 Å². The van der Waals surface area contributed by atoms with Gasteiger partial charge >= 0.3 is 0 Å². The largest absolute Gasteiger partial charge is 0.397 e. The van der Waals surface area contributed by atoms with Gasteiger partial charge in [-0.2, -0.15) is 0 Å². The molecular formula is C14H22N4O. The minimum atomic E-state index is 0.00894. The highest BCUT2D eigenvalue weighted by Crippen LogP contribution is 2.17. The van der Waals surface area contributed by atoms with Crippen molar-refractivity contribution >= 4 is 11.6 Å². The number of carbonyl (C=O) groups is 1. The van der Waals surface area contributed by atoms with Gasteiger partial charge in [0.25, 0.3) is 5.91 Å². The van der Waals surface area contributed by atoms with Gasteiger partial charge in [0, 0.05) is 19.1 Å². The van der Waals surface area contributed by atoms with Crippen molar-refractivity contribution in [2.45, 2.75) is 26.3 Å². The number of carbonyl (C=O) groups excluding carboxylic acids is 1. The molecule has 5 nitrogen and oxygen atoms in total. The van der Waals surface area contributed by atoms with Gasteiger partial charge in [-0.25, -0.2) is 4.98 Å². The van der Waals surface area contributed by atoms with Gasteiger partial charge in [0.2, 0.25) is 0 Å². The highest BCUT2D eigenvalue weighted by molar-refractivity contribution is 5.92. The van der Waals surface area contributed by atoms with Gasteiger partial charge in [0.15, 0.2) is 0 Å². The first-order valence-electron chi connectivity index (χ1n) is 6.90. The quantitative estimate of drug-likeness (QED) is 0.886. The summed E-state index contributed by atoms with van der Waals surface area (Å²) in [6.07, 6.45) is 2.58. The molecule has 0 aliphatic carbocycles. The summed E-state index contributed by atoms with van der Waals surface area (Å²) in [6.45, 7) is 8.00. The molecule has 19 heavy (non-hydrogen) atoms. The van der Waals surface area contributed by atoms with Crippen LogP contribution < -0.4 is 5.73 Å². The van der Waals surface area contributed by atoms with Gasteiger partial charge in [-0.15, -0.1) is 0 Å². The number of nitrogens with zero attached hydrogens (tertiary/aromatic N) is 3. The first-order chi connectivity index (χ1) is 9.15. The zero-order valence-corrected chi connectivity index (χ0v) is 11.7. The number of rotatable bonds is 4. The second kappa shape index (κ2) is 6.02. The van der Waals surface area contributed by atoms with Crippen LogP contribution in [0.15, 0.2) is 18.3 Å². The summed E-state index contributed by atoms with van der Waals surface area (Å²) in [4.78, 5) is 20.7. The average molecular weight is 262 g/mol. The van der Waals surface area contributed by atoms with Crippen molar-refractivity contribution in [3.05, 3.63) is 24.0 Å². The Kier molecular flexibility index (Phi) is 4.37. The van der Waals surface area contributed by atoms with Crippen LogP contribution in [0.2, 0.25) is 0 Å². The summed E-state index contributed by atoms with van der Waals surface area (Å²) in [5, 5.41) is 0. The van der Waals surface area contributed by atoms with Crippen LogP contribution in [-0.4, -0.2) is 52.9 Å². The third kappa shape index (κ3) is 3.04. The maximum atomic E-state index is 12.3. The standard InChI is InChI=1S/C14H22N4O/c1-3-17(4-2)12-7-8-18(10-12)14(19)13-6-5-11(15)9-16-13/h5-6,9,12H,3-4,7-8,10,15H2,1-2H3. The Morgan fingerprint density at radius 1 is 1.47 bits per heavy atom. The molecule has 0 radical (unpaired) electrons. The molecule has 0 saturated carbocycles. The fourth-order valence-corrected chi connectivity index (χ4v) is 2.66.